The highest BCUT2D eigenvalue weighted by molar-refractivity contribution is 6.42. The predicted molar refractivity (Wildman–Crippen MR) is 121 cm³/mol. The van der Waals surface area contributed by atoms with Gasteiger partial charge in [-0.3, -0.25) is 0 Å². The van der Waals surface area contributed by atoms with Crippen LogP contribution in [0.5, 0.6) is 0 Å². The molecule has 0 unspecified atom stereocenters. The van der Waals surface area contributed by atoms with E-state index in [9.17, 15) is 9.18 Å². The maximum atomic E-state index is 13.5. The fraction of sp³-hybridized carbons (Fsp3) is 0.261. The van der Waals surface area contributed by atoms with Crippen molar-refractivity contribution in [1.29, 1.82) is 0 Å². The van der Waals surface area contributed by atoms with E-state index in [1.54, 1.807) is 29.2 Å². The highest BCUT2D eigenvalue weighted by Crippen LogP contribution is 2.25. The van der Waals surface area contributed by atoms with E-state index in [2.05, 4.69) is 19.2 Å². The van der Waals surface area contributed by atoms with Crippen molar-refractivity contribution in [3.63, 3.8) is 0 Å². The third-order valence-electron chi connectivity index (χ3n) is 4.56. The van der Waals surface area contributed by atoms with Crippen molar-refractivity contribution < 1.29 is 9.18 Å². The third-order valence-corrected chi connectivity index (χ3v) is 5.30. The van der Waals surface area contributed by atoms with Gasteiger partial charge in [-0.1, -0.05) is 49.2 Å². The van der Waals surface area contributed by atoms with Crippen LogP contribution in [0.3, 0.4) is 0 Å². The minimum absolute atomic E-state index is 0.222. The summed E-state index contributed by atoms with van der Waals surface area (Å²) in [7, 11) is 0. The van der Waals surface area contributed by atoms with Crippen LogP contribution in [-0.2, 0) is 13.1 Å². The molecule has 0 atom stereocenters. The Bertz CT molecular complexity index is 1020. The molecule has 0 aliphatic heterocycles. The molecule has 3 aromatic rings. The monoisotopic (exact) mass is 447 g/mol. The Morgan fingerprint density at radius 2 is 1.90 bits per heavy atom. The average molecular weight is 448 g/mol. The molecule has 1 N–H and O–H groups in total. The Morgan fingerprint density at radius 1 is 1.10 bits per heavy atom. The molecule has 0 saturated carbocycles. The topological polar surface area (TPSA) is 37.3 Å². The minimum Gasteiger partial charge on any atom is -0.345 e. The highest BCUT2D eigenvalue weighted by Gasteiger charge is 2.18. The van der Waals surface area contributed by atoms with Crippen molar-refractivity contribution in [1.82, 2.24) is 9.47 Å². The van der Waals surface area contributed by atoms with E-state index in [1.165, 1.54) is 12.1 Å². The Hall–Kier alpha value is -2.50. The summed E-state index contributed by atoms with van der Waals surface area (Å²) in [6, 6.07) is 15.2. The van der Waals surface area contributed by atoms with Gasteiger partial charge in [0.2, 0.25) is 0 Å². The number of nitrogens with one attached hydrogen (secondary N) is 1. The first-order valence-electron chi connectivity index (χ1n) is 9.71. The number of amides is 2. The van der Waals surface area contributed by atoms with Crippen LogP contribution in [0.4, 0.5) is 14.9 Å². The van der Waals surface area contributed by atoms with Crippen LogP contribution in [-0.4, -0.2) is 22.0 Å². The van der Waals surface area contributed by atoms with Crippen molar-refractivity contribution in [2.75, 3.05) is 11.9 Å². The van der Waals surface area contributed by atoms with Gasteiger partial charge in [-0.2, -0.15) is 0 Å². The molecule has 7 heteroatoms. The Labute approximate surface area is 186 Å². The van der Waals surface area contributed by atoms with Gasteiger partial charge in [-0.05, 0) is 53.9 Å². The number of rotatable bonds is 7. The van der Waals surface area contributed by atoms with Crippen molar-refractivity contribution >= 4 is 34.9 Å². The molecule has 158 valence electrons. The molecule has 3 rings (SSSR count). The van der Waals surface area contributed by atoms with E-state index in [-0.39, 0.29) is 17.8 Å². The largest absolute Gasteiger partial charge is 0.345 e. The lowest BCUT2D eigenvalue weighted by Gasteiger charge is -2.26. The molecule has 0 saturated heterocycles. The van der Waals surface area contributed by atoms with E-state index in [1.807, 2.05) is 29.0 Å². The lowest BCUT2D eigenvalue weighted by Crippen LogP contribution is -2.37. The fourth-order valence-corrected chi connectivity index (χ4v) is 3.51. The summed E-state index contributed by atoms with van der Waals surface area (Å²) in [6.07, 6.45) is 1.94. The van der Waals surface area contributed by atoms with Gasteiger partial charge in [0.15, 0.2) is 0 Å². The number of aromatic nitrogens is 1. The molecular weight excluding hydrogens is 424 g/mol. The number of hydrogen-bond donors (Lipinski definition) is 1. The standard InChI is InChI=1S/C23H24Cl2FN3O/c1-16(2)13-29(23(30)27-19-8-9-21(24)22(25)12-19)15-20-7-4-10-28(20)14-17-5-3-6-18(26)11-17/h3-12,16H,13-15H2,1-2H3,(H,27,30). The van der Waals surface area contributed by atoms with Crippen LogP contribution >= 0.6 is 23.2 Å². The number of nitrogens with zero attached hydrogens (tertiary/aromatic N) is 2. The van der Waals surface area contributed by atoms with Crippen molar-refractivity contribution in [3.8, 4) is 0 Å². The molecule has 0 aliphatic rings. The van der Waals surface area contributed by atoms with Crippen LogP contribution in [0.25, 0.3) is 0 Å². The van der Waals surface area contributed by atoms with E-state index in [0.29, 0.717) is 35.4 Å². The molecule has 0 bridgehead atoms. The van der Waals surface area contributed by atoms with Gasteiger partial charge in [0.1, 0.15) is 5.82 Å². The number of halogens is 3. The molecule has 2 aromatic carbocycles. The molecule has 30 heavy (non-hydrogen) atoms. The van der Waals surface area contributed by atoms with E-state index < -0.39 is 0 Å². The molecule has 0 fully saturated rings. The van der Waals surface area contributed by atoms with Gasteiger partial charge in [-0.25, -0.2) is 9.18 Å². The number of anilines is 1. The number of urea groups is 1. The van der Waals surface area contributed by atoms with E-state index >= 15 is 0 Å². The fourth-order valence-electron chi connectivity index (χ4n) is 3.21. The summed E-state index contributed by atoms with van der Waals surface area (Å²) >= 11 is 12.0. The van der Waals surface area contributed by atoms with Crippen LogP contribution < -0.4 is 5.32 Å². The number of benzene rings is 2. The zero-order chi connectivity index (χ0) is 21.7. The summed E-state index contributed by atoms with van der Waals surface area (Å²) < 4.78 is 15.6. The SMILES string of the molecule is CC(C)CN(Cc1cccn1Cc1cccc(F)c1)C(=O)Nc1ccc(Cl)c(Cl)c1. The second kappa shape index (κ2) is 10.0. The summed E-state index contributed by atoms with van der Waals surface area (Å²) in [5, 5.41) is 3.71. The van der Waals surface area contributed by atoms with Crippen LogP contribution in [0, 0.1) is 11.7 Å². The first-order valence-corrected chi connectivity index (χ1v) is 10.5. The maximum absolute atomic E-state index is 13.5. The summed E-state index contributed by atoms with van der Waals surface area (Å²) in [6.45, 7) is 5.66. The lowest BCUT2D eigenvalue weighted by molar-refractivity contribution is 0.200. The van der Waals surface area contributed by atoms with Gasteiger partial charge in [0.05, 0.1) is 16.6 Å². The van der Waals surface area contributed by atoms with Gasteiger partial charge in [0.25, 0.3) is 0 Å². The summed E-state index contributed by atoms with van der Waals surface area (Å²) in [4.78, 5) is 14.7. The molecule has 4 nitrogen and oxygen atoms in total. The summed E-state index contributed by atoms with van der Waals surface area (Å²) in [5.74, 6) is 0.0276. The second-order valence-corrected chi connectivity index (χ2v) is 8.41. The van der Waals surface area contributed by atoms with E-state index in [4.69, 9.17) is 23.2 Å². The Kier molecular flexibility index (Phi) is 7.40. The molecule has 0 aliphatic carbocycles. The van der Waals surface area contributed by atoms with Crippen LogP contribution in [0.1, 0.15) is 25.1 Å². The lowest BCUT2D eigenvalue weighted by atomic mass is 10.2. The first-order chi connectivity index (χ1) is 14.3. The maximum Gasteiger partial charge on any atom is 0.322 e. The van der Waals surface area contributed by atoms with Gasteiger partial charge < -0.3 is 14.8 Å². The Balaban J connectivity index is 1.75. The zero-order valence-electron chi connectivity index (χ0n) is 16.9. The van der Waals surface area contributed by atoms with Crippen molar-refractivity contribution in [2.45, 2.75) is 26.9 Å². The van der Waals surface area contributed by atoms with Gasteiger partial charge >= 0.3 is 6.03 Å². The smallest absolute Gasteiger partial charge is 0.322 e. The molecule has 1 aromatic heterocycles. The number of hydrogen-bond acceptors (Lipinski definition) is 1. The van der Waals surface area contributed by atoms with Crippen LogP contribution in [0.2, 0.25) is 10.0 Å². The zero-order valence-corrected chi connectivity index (χ0v) is 18.4. The third kappa shape index (κ3) is 6.00. The van der Waals surface area contributed by atoms with Crippen LogP contribution in [0.15, 0.2) is 60.8 Å². The molecule has 2 amide bonds. The predicted octanol–water partition coefficient (Wildman–Crippen LogP) is 6.67. The molecular formula is C23H24Cl2FN3O. The molecule has 0 spiro atoms. The minimum atomic E-state index is -0.261. The quantitative estimate of drug-likeness (QED) is 0.431. The second-order valence-electron chi connectivity index (χ2n) is 7.59. The normalized spacial score (nSPS) is 11.0. The Morgan fingerprint density at radius 3 is 2.60 bits per heavy atom. The van der Waals surface area contributed by atoms with Crippen molar-refractivity contribution in [3.05, 3.63) is 87.9 Å². The number of carbonyl (C=O) groups excluding carboxylic acids is 1. The molecule has 0 radical (unpaired) electrons. The highest BCUT2D eigenvalue weighted by atomic mass is 35.5. The molecule has 1 heterocycles. The summed E-state index contributed by atoms with van der Waals surface area (Å²) in [5.41, 5.74) is 2.41. The van der Waals surface area contributed by atoms with E-state index in [0.717, 1.165) is 11.3 Å². The van der Waals surface area contributed by atoms with Gasteiger partial charge in [0, 0.05) is 30.7 Å². The number of carbonyl (C=O) groups is 1. The first kappa shape index (κ1) is 22.2. The average Bonchev–Trinajstić information content (AvgIpc) is 3.10. The van der Waals surface area contributed by atoms with Crippen molar-refractivity contribution in [2.24, 2.45) is 5.92 Å². The van der Waals surface area contributed by atoms with Gasteiger partial charge in [-0.15, -0.1) is 0 Å².